The Labute approximate surface area is 122 Å². The van der Waals surface area contributed by atoms with Crippen LogP contribution in [0, 0.1) is 11.8 Å². The minimum absolute atomic E-state index is 0.414. The lowest BCUT2D eigenvalue weighted by atomic mass is 9.95. The molecule has 0 amide bonds. The lowest BCUT2D eigenvalue weighted by molar-refractivity contribution is 0.304. The van der Waals surface area contributed by atoms with Crippen molar-refractivity contribution >= 4 is 17.3 Å². The van der Waals surface area contributed by atoms with Crippen LogP contribution in [0.15, 0.2) is 18.2 Å². The number of hydrogen-bond donors (Lipinski definition) is 1. The third-order valence-corrected chi connectivity index (χ3v) is 5.13. The number of aromatic nitrogens is 4. The maximum Gasteiger partial charge on any atom is 0.184 e. The van der Waals surface area contributed by atoms with Crippen molar-refractivity contribution in [3.63, 3.8) is 0 Å². The van der Waals surface area contributed by atoms with Gasteiger partial charge in [0.15, 0.2) is 5.82 Å². The van der Waals surface area contributed by atoms with E-state index < -0.39 is 0 Å². The molecule has 6 heteroatoms. The van der Waals surface area contributed by atoms with Crippen molar-refractivity contribution in [1.29, 1.82) is 0 Å². The van der Waals surface area contributed by atoms with Crippen molar-refractivity contribution in [3.8, 4) is 11.4 Å². The molecule has 0 saturated heterocycles. The van der Waals surface area contributed by atoms with E-state index >= 15 is 0 Å². The molecule has 2 N–H and O–H groups in total. The van der Waals surface area contributed by atoms with Crippen LogP contribution in [0.3, 0.4) is 0 Å². The van der Waals surface area contributed by atoms with Crippen LogP contribution in [0.25, 0.3) is 11.4 Å². The summed E-state index contributed by atoms with van der Waals surface area (Å²) < 4.78 is 1.96. The van der Waals surface area contributed by atoms with Crippen molar-refractivity contribution in [2.24, 2.45) is 11.8 Å². The lowest BCUT2D eigenvalue weighted by Crippen LogP contribution is -2.18. The number of hydrogen-bond acceptors (Lipinski definition) is 4. The molecule has 1 aromatic heterocycles. The first-order chi connectivity index (χ1) is 9.74. The summed E-state index contributed by atoms with van der Waals surface area (Å²) >= 11 is 6.10. The second-order valence-electron chi connectivity index (χ2n) is 5.89. The van der Waals surface area contributed by atoms with Gasteiger partial charge in [-0.15, -0.1) is 5.10 Å². The fourth-order valence-corrected chi connectivity index (χ4v) is 4.01. The Morgan fingerprint density at radius 3 is 2.90 bits per heavy atom. The number of rotatable bonds is 2. The van der Waals surface area contributed by atoms with Crippen LogP contribution in [0.1, 0.15) is 31.7 Å². The number of nitrogen functional groups attached to an aromatic ring is 1. The molecule has 3 unspecified atom stereocenters. The van der Waals surface area contributed by atoms with Crippen molar-refractivity contribution in [2.45, 2.75) is 31.7 Å². The van der Waals surface area contributed by atoms with E-state index in [1.54, 1.807) is 6.07 Å². The molecule has 2 aromatic rings. The molecular formula is C14H16ClN5. The summed E-state index contributed by atoms with van der Waals surface area (Å²) in [5.74, 6) is 2.30. The fourth-order valence-electron chi connectivity index (χ4n) is 3.84. The Balaban J connectivity index is 1.77. The highest BCUT2D eigenvalue weighted by Gasteiger charge is 2.42. The number of tetrazole rings is 1. The fraction of sp³-hybridized carbons (Fsp3) is 0.500. The molecule has 104 valence electrons. The molecule has 0 radical (unpaired) electrons. The Bertz CT molecular complexity index is 653. The van der Waals surface area contributed by atoms with Crippen LogP contribution in [0.2, 0.25) is 5.02 Å². The number of fused-ring (bicyclic) bond motifs is 2. The van der Waals surface area contributed by atoms with Crippen molar-refractivity contribution in [3.05, 3.63) is 23.2 Å². The number of para-hydroxylation sites is 1. The van der Waals surface area contributed by atoms with Crippen LogP contribution < -0.4 is 5.73 Å². The SMILES string of the molecule is Nc1c(Cl)cccc1-c1nnnn1C1CC2CCC1C2. The summed E-state index contributed by atoms with van der Waals surface area (Å²) in [5.41, 5.74) is 7.45. The van der Waals surface area contributed by atoms with Crippen LogP contribution in [-0.4, -0.2) is 20.2 Å². The van der Waals surface area contributed by atoms with Crippen molar-refractivity contribution in [1.82, 2.24) is 20.2 Å². The second kappa shape index (κ2) is 4.45. The quantitative estimate of drug-likeness (QED) is 0.863. The standard InChI is InChI=1S/C14H16ClN5/c15-11-3-1-2-10(13(11)16)14-17-18-19-20(14)12-7-8-4-5-9(12)6-8/h1-3,8-9,12H,4-7,16H2. The summed E-state index contributed by atoms with van der Waals surface area (Å²) in [7, 11) is 0. The lowest BCUT2D eigenvalue weighted by Gasteiger charge is -2.22. The third kappa shape index (κ3) is 1.73. The molecule has 0 spiro atoms. The molecule has 2 bridgehead atoms. The van der Waals surface area contributed by atoms with Crippen LogP contribution in [-0.2, 0) is 0 Å². The van der Waals surface area contributed by atoms with Gasteiger partial charge in [0.25, 0.3) is 0 Å². The number of anilines is 1. The van der Waals surface area contributed by atoms with E-state index in [0.29, 0.717) is 22.7 Å². The average Bonchev–Trinajstić information content (AvgIpc) is 3.15. The molecule has 5 nitrogen and oxygen atoms in total. The number of benzene rings is 1. The first-order valence-corrected chi connectivity index (χ1v) is 7.44. The Hall–Kier alpha value is -1.62. The highest BCUT2D eigenvalue weighted by atomic mass is 35.5. The minimum Gasteiger partial charge on any atom is -0.397 e. The molecule has 1 aromatic carbocycles. The first kappa shape index (κ1) is 12.1. The number of nitrogens with zero attached hydrogens (tertiary/aromatic N) is 4. The van der Waals surface area contributed by atoms with Gasteiger partial charge in [0.1, 0.15) is 0 Å². The van der Waals surface area contributed by atoms with Crippen LogP contribution >= 0.6 is 11.6 Å². The van der Waals surface area contributed by atoms with E-state index in [0.717, 1.165) is 17.3 Å². The predicted octanol–water partition coefficient (Wildman–Crippen LogP) is 2.94. The van der Waals surface area contributed by atoms with Crippen molar-refractivity contribution in [2.75, 3.05) is 5.73 Å². The molecule has 2 aliphatic rings. The van der Waals surface area contributed by atoms with Crippen LogP contribution in [0.4, 0.5) is 5.69 Å². The van der Waals surface area contributed by atoms with Gasteiger partial charge < -0.3 is 5.73 Å². The molecule has 3 atom stereocenters. The van der Waals surface area contributed by atoms with Crippen molar-refractivity contribution < 1.29 is 0 Å². The molecule has 2 saturated carbocycles. The summed E-state index contributed by atoms with van der Waals surface area (Å²) in [6.07, 6.45) is 5.15. The van der Waals surface area contributed by atoms with Gasteiger partial charge in [-0.3, -0.25) is 0 Å². The van der Waals surface area contributed by atoms with E-state index in [-0.39, 0.29) is 0 Å². The van der Waals surface area contributed by atoms with E-state index in [9.17, 15) is 0 Å². The topological polar surface area (TPSA) is 69.6 Å². The molecule has 20 heavy (non-hydrogen) atoms. The molecule has 0 aliphatic heterocycles. The summed E-state index contributed by atoms with van der Waals surface area (Å²) in [5, 5.41) is 12.8. The van der Waals surface area contributed by atoms with E-state index in [2.05, 4.69) is 15.5 Å². The monoisotopic (exact) mass is 289 g/mol. The molecule has 2 aliphatic carbocycles. The molecule has 1 heterocycles. The van der Waals surface area contributed by atoms with Gasteiger partial charge in [-0.25, -0.2) is 4.68 Å². The van der Waals surface area contributed by atoms with Gasteiger partial charge in [-0.05, 0) is 53.7 Å². The Kier molecular flexibility index (Phi) is 2.70. The highest BCUT2D eigenvalue weighted by Crippen LogP contribution is 2.51. The zero-order chi connectivity index (χ0) is 13.7. The molecule has 2 fully saturated rings. The smallest absolute Gasteiger partial charge is 0.184 e. The average molecular weight is 290 g/mol. The summed E-state index contributed by atoms with van der Waals surface area (Å²) in [4.78, 5) is 0. The summed E-state index contributed by atoms with van der Waals surface area (Å²) in [6.45, 7) is 0. The highest BCUT2D eigenvalue weighted by molar-refractivity contribution is 6.33. The zero-order valence-electron chi connectivity index (χ0n) is 11.0. The molecular weight excluding hydrogens is 274 g/mol. The number of halogens is 1. The van der Waals surface area contributed by atoms with Gasteiger partial charge in [-0.1, -0.05) is 24.1 Å². The summed E-state index contributed by atoms with van der Waals surface area (Å²) in [6, 6.07) is 6.01. The van der Waals surface area contributed by atoms with Gasteiger partial charge >= 0.3 is 0 Å². The Morgan fingerprint density at radius 1 is 1.25 bits per heavy atom. The largest absolute Gasteiger partial charge is 0.397 e. The van der Waals surface area contributed by atoms with Gasteiger partial charge in [0.05, 0.1) is 16.8 Å². The maximum atomic E-state index is 6.10. The third-order valence-electron chi connectivity index (χ3n) is 4.80. The minimum atomic E-state index is 0.414. The Morgan fingerprint density at radius 2 is 2.15 bits per heavy atom. The first-order valence-electron chi connectivity index (χ1n) is 7.06. The molecule has 4 rings (SSSR count). The van der Waals surface area contributed by atoms with Gasteiger partial charge in [0.2, 0.25) is 0 Å². The maximum absolute atomic E-state index is 6.10. The van der Waals surface area contributed by atoms with Crippen LogP contribution in [0.5, 0.6) is 0 Å². The number of nitrogens with two attached hydrogens (primary N) is 1. The van der Waals surface area contributed by atoms with E-state index in [4.69, 9.17) is 17.3 Å². The van der Waals surface area contributed by atoms with E-state index in [1.807, 2.05) is 16.8 Å². The normalized spacial score (nSPS) is 28.1. The van der Waals surface area contributed by atoms with Gasteiger partial charge in [0, 0.05) is 5.56 Å². The second-order valence-corrected chi connectivity index (χ2v) is 6.30. The van der Waals surface area contributed by atoms with E-state index in [1.165, 1.54) is 25.7 Å². The predicted molar refractivity (Wildman–Crippen MR) is 77.2 cm³/mol. The zero-order valence-corrected chi connectivity index (χ0v) is 11.8. The van der Waals surface area contributed by atoms with Gasteiger partial charge in [-0.2, -0.15) is 0 Å².